The summed E-state index contributed by atoms with van der Waals surface area (Å²) in [6.07, 6.45) is 0.780. The second-order valence-electron chi connectivity index (χ2n) is 4.68. The molecule has 0 radical (unpaired) electrons. The number of allylic oxidation sites excluding steroid dienone is 1. The van der Waals surface area contributed by atoms with E-state index in [0.29, 0.717) is 5.82 Å². The minimum absolute atomic E-state index is 0.170. The van der Waals surface area contributed by atoms with E-state index in [1.807, 2.05) is 31.2 Å². The van der Waals surface area contributed by atoms with Gasteiger partial charge in [-0.2, -0.15) is 10.2 Å². The number of hydrogen-bond donors (Lipinski definition) is 0. The molecule has 1 heterocycles. The molecule has 0 saturated heterocycles. The van der Waals surface area contributed by atoms with Crippen LogP contribution in [-0.4, -0.2) is 21.1 Å². The Labute approximate surface area is 123 Å². The molecule has 0 aliphatic rings. The molecule has 0 fully saturated rings. The molecule has 1 aromatic carbocycles. The van der Waals surface area contributed by atoms with E-state index in [2.05, 4.69) is 23.5 Å². The molecule has 0 atom stereocenters. The molecule has 2 aromatic rings. The van der Waals surface area contributed by atoms with Crippen LogP contribution < -0.4 is 10.7 Å². The van der Waals surface area contributed by atoms with Crippen molar-refractivity contribution in [3.05, 3.63) is 52.9 Å². The number of nitrogens with zero attached hydrogens (tertiary/aromatic N) is 5. The first-order valence-corrected chi connectivity index (χ1v) is 6.67. The van der Waals surface area contributed by atoms with Gasteiger partial charge in [0.25, 0.3) is 0 Å². The third-order valence-corrected chi connectivity index (χ3v) is 3.29. The first kappa shape index (κ1) is 14.8. The molecule has 0 aliphatic carbocycles. The van der Waals surface area contributed by atoms with Crippen molar-refractivity contribution in [3.63, 3.8) is 0 Å². The number of rotatable bonds is 5. The summed E-state index contributed by atoms with van der Waals surface area (Å²) in [5.74, 6) is 0.645. The smallest absolute Gasteiger partial charge is 0.247 e. The Morgan fingerprint density at radius 2 is 2.00 bits per heavy atom. The van der Waals surface area contributed by atoms with Crippen molar-refractivity contribution in [3.8, 4) is 5.69 Å². The molecule has 0 amide bonds. The van der Waals surface area contributed by atoms with Crippen LogP contribution in [0, 0.1) is 6.92 Å². The van der Waals surface area contributed by atoms with Crippen LogP contribution in [0.2, 0.25) is 0 Å². The highest BCUT2D eigenvalue weighted by molar-refractivity contribution is 5.55. The zero-order chi connectivity index (χ0) is 15.6. The average molecular weight is 285 g/mol. The lowest BCUT2D eigenvalue weighted by Crippen LogP contribution is -2.21. The van der Waals surface area contributed by atoms with Crippen molar-refractivity contribution in [2.24, 2.45) is 12.1 Å². The first-order chi connectivity index (χ1) is 9.99. The molecule has 0 N–H and O–H groups in total. The number of hydrogen-bond acceptors (Lipinski definition) is 4. The Bertz CT molecular complexity index is 724. The van der Waals surface area contributed by atoms with Crippen molar-refractivity contribution in [2.45, 2.75) is 20.3 Å². The highest BCUT2D eigenvalue weighted by Crippen LogP contribution is 2.22. The zero-order valence-corrected chi connectivity index (χ0v) is 12.6. The molecular weight excluding hydrogens is 266 g/mol. The zero-order valence-electron chi connectivity index (χ0n) is 12.6. The highest BCUT2D eigenvalue weighted by atomic mass is 16.2. The van der Waals surface area contributed by atoms with Gasteiger partial charge in [-0.1, -0.05) is 13.5 Å². The lowest BCUT2D eigenvalue weighted by molar-refractivity contribution is 0.723. The normalized spacial score (nSPS) is 10.4. The van der Waals surface area contributed by atoms with Crippen molar-refractivity contribution in [1.29, 1.82) is 0 Å². The number of aromatic nitrogens is 3. The van der Waals surface area contributed by atoms with Gasteiger partial charge in [-0.3, -0.25) is 0 Å². The number of benzene rings is 1. The van der Waals surface area contributed by atoms with E-state index in [0.717, 1.165) is 23.5 Å². The predicted molar refractivity (Wildman–Crippen MR) is 85.0 cm³/mol. The van der Waals surface area contributed by atoms with Gasteiger partial charge in [0.15, 0.2) is 0 Å². The largest absolute Gasteiger partial charge is 0.350 e. The van der Waals surface area contributed by atoms with E-state index in [1.165, 1.54) is 4.68 Å². The van der Waals surface area contributed by atoms with Gasteiger partial charge in [-0.15, -0.1) is 0 Å². The maximum absolute atomic E-state index is 12.0. The minimum Gasteiger partial charge on any atom is -0.247 e. The van der Waals surface area contributed by atoms with Crippen molar-refractivity contribution in [2.75, 3.05) is 5.01 Å². The van der Waals surface area contributed by atoms with Crippen LogP contribution in [0.25, 0.3) is 5.69 Å². The summed E-state index contributed by atoms with van der Waals surface area (Å²) in [6.45, 7) is 11.3. The lowest BCUT2D eigenvalue weighted by atomic mass is 10.2. The van der Waals surface area contributed by atoms with Crippen LogP contribution in [0.1, 0.15) is 19.2 Å². The van der Waals surface area contributed by atoms with Gasteiger partial charge >= 0.3 is 5.69 Å². The molecule has 1 aromatic heterocycles. The van der Waals surface area contributed by atoms with Gasteiger partial charge in [0, 0.05) is 19.5 Å². The average Bonchev–Trinajstić information content (AvgIpc) is 2.73. The second kappa shape index (κ2) is 5.78. The maximum atomic E-state index is 12.0. The van der Waals surface area contributed by atoms with E-state index in [-0.39, 0.29) is 5.69 Å². The summed E-state index contributed by atoms with van der Waals surface area (Å²) in [5.41, 5.74) is 2.31. The second-order valence-corrected chi connectivity index (χ2v) is 4.68. The van der Waals surface area contributed by atoms with E-state index in [1.54, 1.807) is 23.5 Å². The van der Waals surface area contributed by atoms with Crippen molar-refractivity contribution >= 4 is 12.4 Å². The summed E-state index contributed by atoms with van der Waals surface area (Å²) >= 11 is 0. The molecule has 21 heavy (non-hydrogen) atoms. The van der Waals surface area contributed by atoms with Crippen LogP contribution >= 0.6 is 0 Å². The molecule has 110 valence electrons. The lowest BCUT2D eigenvalue weighted by Gasteiger charge is -2.20. The minimum atomic E-state index is -0.170. The van der Waals surface area contributed by atoms with E-state index < -0.39 is 0 Å². The summed E-state index contributed by atoms with van der Waals surface area (Å²) < 4.78 is 2.88. The molecular formula is C15H19N5O. The Kier molecular flexibility index (Phi) is 4.07. The Morgan fingerprint density at radius 1 is 1.38 bits per heavy atom. The van der Waals surface area contributed by atoms with Gasteiger partial charge in [0.05, 0.1) is 11.4 Å². The molecule has 0 unspecified atom stereocenters. The standard InChI is InChI=1S/C15H19N5O/c1-6-11(2)20(16-4)14-9-7-13(8-10-14)19-12(3)17-18(5)15(19)21/h7-10H,2,4,6H2,1,3,5H3. The highest BCUT2D eigenvalue weighted by Gasteiger charge is 2.11. The van der Waals surface area contributed by atoms with Gasteiger partial charge in [0.1, 0.15) is 5.82 Å². The molecule has 0 aliphatic heterocycles. The van der Waals surface area contributed by atoms with Gasteiger partial charge in [0.2, 0.25) is 0 Å². The molecule has 0 spiro atoms. The first-order valence-electron chi connectivity index (χ1n) is 6.67. The van der Waals surface area contributed by atoms with Crippen LogP contribution in [0.5, 0.6) is 0 Å². The van der Waals surface area contributed by atoms with Gasteiger partial charge in [-0.05, 0) is 37.6 Å². The van der Waals surface area contributed by atoms with E-state index in [4.69, 9.17) is 0 Å². The van der Waals surface area contributed by atoms with Crippen LogP contribution in [0.3, 0.4) is 0 Å². The fourth-order valence-corrected chi connectivity index (χ4v) is 2.14. The Hall–Kier alpha value is -2.63. The molecule has 0 bridgehead atoms. The monoisotopic (exact) mass is 285 g/mol. The molecule has 6 nitrogen and oxygen atoms in total. The predicted octanol–water partition coefficient (Wildman–Crippen LogP) is 2.23. The number of aryl methyl sites for hydroxylation is 2. The quantitative estimate of drug-likeness (QED) is 0.625. The molecule has 2 rings (SSSR count). The third-order valence-electron chi connectivity index (χ3n) is 3.29. The van der Waals surface area contributed by atoms with Crippen molar-refractivity contribution < 1.29 is 0 Å². The molecule has 0 saturated carbocycles. The van der Waals surface area contributed by atoms with Crippen LogP contribution in [-0.2, 0) is 7.05 Å². The van der Waals surface area contributed by atoms with Gasteiger partial charge < -0.3 is 0 Å². The van der Waals surface area contributed by atoms with E-state index in [9.17, 15) is 4.79 Å². The summed E-state index contributed by atoms with van der Waals surface area (Å²) in [5, 5.41) is 9.77. The Morgan fingerprint density at radius 3 is 2.43 bits per heavy atom. The fourth-order valence-electron chi connectivity index (χ4n) is 2.14. The number of hydrazone groups is 1. The van der Waals surface area contributed by atoms with Gasteiger partial charge in [-0.25, -0.2) is 19.1 Å². The SMILES string of the molecule is C=NN(C(=C)CC)c1ccc(-n2c(C)nn(C)c2=O)cc1. The Balaban J connectivity index is 2.41. The molecule has 6 heteroatoms. The summed E-state index contributed by atoms with van der Waals surface area (Å²) in [6, 6.07) is 7.46. The van der Waals surface area contributed by atoms with Crippen LogP contribution in [0.15, 0.2) is 46.4 Å². The fraction of sp³-hybridized carbons (Fsp3) is 0.267. The summed E-state index contributed by atoms with van der Waals surface area (Å²) in [4.78, 5) is 12.0. The van der Waals surface area contributed by atoms with E-state index >= 15 is 0 Å². The maximum Gasteiger partial charge on any atom is 0.350 e. The topological polar surface area (TPSA) is 55.4 Å². The summed E-state index contributed by atoms with van der Waals surface area (Å²) in [7, 11) is 1.63. The van der Waals surface area contributed by atoms with Crippen LogP contribution in [0.4, 0.5) is 5.69 Å². The third kappa shape index (κ3) is 2.65. The van der Waals surface area contributed by atoms with Crippen molar-refractivity contribution in [1.82, 2.24) is 14.3 Å². The number of anilines is 1.